The first-order valence-corrected chi connectivity index (χ1v) is 6.50. The van der Waals surface area contributed by atoms with Gasteiger partial charge in [0.2, 0.25) is 10.0 Å². The number of primary sulfonamides is 1. The number of nitrogens with one attached hydrogen (secondary N) is 1. The molecule has 18 heavy (non-hydrogen) atoms. The molecule has 1 aromatic rings. The van der Waals surface area contributed by atoms with Crippen molar-refractivity contribution in [1.82, 2.24) is 0 Å². The normalized spacial score (nSPS) is 10.8. The van der Waals surface area contributed by atoms with Crippen molar-refractivity contribution in [2.75, 3.05) is 11.9 Å². The Morgan fingerprint density at radius 3 is 2.50 bits per heavy atom. The van der Waals surface area contributed by atoms with Gasteiger partial charge in [0.05, 0.1) is 12.3 Å². The highest BCUT2D eigenvalue weighted by Crippen LogP contribution is 2.19. The molecule has 3 N–H and O–H groups in total. The summed E-state index contributed by atoms with van der Waals surface area (Å²) < 4.78 is 27.0. The first-order chi connectivity index (χ1) is 8.36. The lowest BCUT2D eigenvalue weighted by molar-refractivity contribution is -0.152. The van der Waals surface area contributed by atoms with Crippen LogP contribution in [0.15, 0.2) is 29.2 Å². The minimum Gasteiger partial charge on any atom is -0.459 e. The SMILES string of the molecule is CCOC(=O)C(=O)Nc1ccccc1S(N)(=O)=O. The van der Waals surface area contributed by atoms with Crippen LogP contribution in [0.5, 0.6) is 0 Å². The molecule has 0 bridgehead atoms. The number of amides is 1. The molecule has 98 valence electrons. The van der Waals surface area contributed by atoms with E-state index in [0.717, 1.165) is 0 Å². The van der Waals surface area contributed by atoms with Gasteiger partial charge in [0.15, 0.2) is 0 Å². The average Bonchev–Trinajstić information content (AvgIpc) is 2.28. The van der Waals surface area contributed by atoms with Crippen molar-refractivity contribution in [2.45, 2.75) is 11.8 Å². The standard InChI is InChI=1S/C10H12N2O5S/c1-2-17-10(14)9(13)12-7-5-3-4-6-8(7)18(11,15)16/h3-6H,2H2,1H3,(H,12,13)(H2,11,15,16). The second-order valence-corrected chi connectivity index (χ2v) is 4.75. The van der Waals surface area contributed by atoms with Crippen LogP contribution in [0.1, 0.15) is 6.92 Å². The molecule has 0 unspecified atom stereocenters. The number of para-hydroxylation sites is 1. The van der Waals surface area contributed by atoms with Gasteiger partial charge < -0.3 is 10.1 Å². The predicted molar refractivity (Wildman–Crippen MR) is 63.1 cm³/mol. The molecule has 0 saturated carbocycles. The summed E-state index contributed by atoms with van der Waals surface area (Å²) in [6.07, 6.45) is 0. The van der Waals surface area contributed by atoms with E-state index in [1.165, 1.54) is 24.3 Å². The maximum atomic E-state index is 11.4. The van der Waals surface area contributed by atoms with Gasteiger partial charge >= 0.3 is 11.9 Å². The van der Waals surface area contributed by atoms with E-state index in [-0.39, 0.29) is 17.2 Å². The van der Waals surface area contributed by atoms with Gasteiger partial charge in [0.1, 0.15) is 4.90 Å². The summed E-state index contributed by atoms with van der Waals surface area (Å²) in [4.78, 5) is 22.2. The minimum absolute atomic E-state index is 0.0447. The Morgan fingerprint density at radius 2 is 1.94 bits per heavy atom. The van der Waals surface area contributed by atoms with Gasteiger partial charge in [-0.25, -0.2) is 18.4 Å². The molecule has 1 rings (SSSR count). The number of hydrogen-bond donors (Lipinski definition) is 2. The largest absolute Gasteiger partial charge is 0.459 e. The molecule has 8 heteroatoms. The van der Waals surface area contributed by atoms with Crippen molar-refractivity contribution in [3.63, 3.8) is 0 Å². The number of anilines is 1. The molecule has 0 aliphatic rings. The fraction of sp³-hybridized carbons (Fsp3) is 0.200. The summed E-state index contributed by atoms with van der Waals surface area (Å²) in [6, 6.07) is 5.47. The van der Waals surface area contributed by atoms with Crippen LogP contribution in [-0.4, -0.2) is 26.9 Å². The highest BCUT2D eigenvalue weighted by molar-refractivity contribution is 7.89. The fourth-order valence-corrected chi connectivity index (χ4v) is 1.88. The Bertz CT molecular complexity index is 567. The molecule has 0 heterocycles. The van der Waals surface area contributed by atoms with Crippen molar-refractivity contribution in [1.29, 1.82) is 0 Å². The molecule has 0 radical (unpaired) electrons. The lowest BCUT2D eigenvalue weighted by Crippen LogP contribution is -2.26. The molecule has 0 aromatic heterocycles. The molecule has 0 saturated heterocycles. The number of rotatable bonds is 3. The van der Waals surface area contributed by atoms with Crippen LogP contribution in [0.3, 0.4) is 0 Å². The zero-order chi connectivity index (χ0) is 13.8. The molecule has 0 fully saturated rings. The van der Waals surface area contributed by atoms with Gasteiger partial charge in [-0.3, -0.25) is 4.79 Å². The van der Waals surface area contributed by atoms with Gasteiger partial charge in [-0.1, -0.05) is 12.1 Å². The summed E-state index contributed by atoms with van der Waals surface area (Å²) in [6.45, 7) is 1.59. The van der Waals surface area contributed by atoms with E-state index < -0.39 is 21.9 Å². The van der Waals surface area contributed by atoms with Crippen LogP contribution in [0.4, 0.5) is 5.69 Å². The second kappa shape index (κ2) is 5.61. The molecule has 7 nitrogen and oxygen atoms in total. The summed E-state index contributed by atoms with van der Waals surface area (Å²) >= 11 is 0. The van der Waals surface area contributed by atoms with Crippen molar-refractivity contribution in [3.8, 4) is 0 Å². The number of nitrogens with two attached hydrogens (primary N) is 1. The summed E-state index contributed by atoms with van der Waals surface area (Å²) in [5.74, 6) is -2.16. The fourth-order valence-electron chi connectivity index (χ4n) is 1.19. The van der Waals surface area contributed by atoms with Gasteiger partial charge in [-0.05, 0) is 19.1 Å². The lowest BCUT2D eigenvalue weighted by atomic mass is 10.3. The summed E-state index contributed by atoms with van der Waals surface area (Å²) in [5, 5.41) is 7.10. The third-order valence-electron chi connectivity index (χ3n) is 1.90. The second-order valence-electron chi connectivity index (χ2n) is 3.22. The molecular formula is C10H12N2O5S. The van der Waals surface area contributed by atoms with Crippen LogP contribution in [0.25, 0.3) is 0 Å². The molecule has 1 aromatic carbocycles. The number of ether oxygens (including phenoxy) is 1. The number of hydrogen-bond acceptors (Lipinski definition) is 5. The van der Waals surface area contributed by atoms with E-state index in [1.807, 2.05) is 0 Å². The van der Waals surface area contributed by atoms with Gasteiger partial charge in [0, 0.05) is 0 Å². The van der Waals surface area contributed by atoms with Crippen LogP contribution in [0, 0.1) is 0 Å². The van der Waals surface area contributed by atoms with E-state index in [4.69, 9.17) is 5.14 Å². The molecule has 0 aliphatic heterocycles. The van der Waals surface area contributed by atoms with Crippen molar-refractivity contribution in [3.05, 3.63) is 24.3 Å². The highest BCUT2D eigenvalue weighted by Gasteiger charge is 2.19. The molecular weight excluding hydrogens is 260 g/mol. The average molecular weight is 272 g/mol. The predicted octanol–water partition coefficient (Wildman–Crippen LogP) is -0.164. The molecule has 0 atom stereocenters. The molecule has 0 aliphatic carbocycles. The Labute approximate surface area is 104 Å². The number of esters is 1. The van der Waals surface area contributed by atoms with Crippen LogP contribution >= 0.6 is 0 Å². The lowest BCUT2D eigenvalue weighted by Gasteiger charge is -2.08. The van der Waals surface area contributed by atoms with E-state index in [9.17, 15) is 18.0 Å². The van der Waals surface area contributed by atoms with Gasteiger partial charge in [0.25, 0.3) is 0 Å². The first-order valence-electron chi connectivity index (χ1n) is 4.96. The topological polar surface area (TPSA) is 116 Å². The molecule has 1 amide bonds. The maximum Gasteiger partial charge on any atom is 0.397 e. The molecule has 0 spiro atoms. The third-order valence-corrected chi connectivity index (χ3v) is 2.87. The quantitative estimate of drug-likeness (QED) is 0.585. The minimum atomic E-state index is -3.98. The van der Waals surface area contributed by atoms with Crippen LogP contribution < -0.4 is 10.5 Å². The van der Waals surface area contributed by atoms with E-state index in [2.05, 4.69) is 10.1 Å². The van der Waals surface area contributed by atoms with Gasteiger partial charge in [-0.2, -0.15) is 0 Å². The number of carbonyl (C=O) groups excluding carboxylic acids is 2. The highest BCUT2D eigenvalue weighted by atomic mass is 32.2. The zero-order valence-corrected chi connectivity index (χ0v) is 10.4. The van der Waals surface area contributed by atoms with Crippen LogP contribution in [0.2, 0.25) is 0 Å². The Morgan fingerprint density at radius 1 is 1.33 bits per heavy atom. The maximum absolute atomic E-state index is 11.4. The summed E-state index contributed by atoms with van der Waals surface area (Å²) in [7, 11) is -3.98. The Kier molecular flexibility index (Phi) is 4.40. The summed E-state index contributed by atoms with van der Waals surface area (Å²) in [5.41, 5.74) is -0.0712. The van der Waals surface area contributed by atoms with E-state index in [1.54, 1.807) is 6.92 Å². The van der Waals surface area contributed by atoms with Crippen molar-refractivity contribution >= 4 is 27.6 Å². The zero-order valence-electron chi connectivity index (χ0n) is 9.54. The van der Waals surface area contributed by atoms with Gasteiger partial charge in [-0.15, -0.1) is 0 Å². The number of carbonyl (C=O) groups is 2. The van der Waals surface area contributed by atoms with Crippen molar-refractivity contribution in [2.24, 2.45) is 5.14 Å². The number of sulfonamides is 1. The Hall–Kier alpha value is -1.93. The van der Waals surface area contributed by atoms with Crippen LogP contribution in [-0.2, 0) is 24.3 Å². The third kappa shape index (κ3) is 3.54. The number of benzene rings is 1. The Balaban J connectivity index is 2.99. The monoisotopic (exact) mass is 272 g/mol. The van der Waals surface area contributed by atoms with E-state index >= 15 is 0 Å². The smallest absolute Gasteiger partial charge is 0.397 e. The van der Waals surface area contributed by atoms with Crippen molar-refractivity contribution < 1.29 is 22.7 Å². The first kappa shape index (κ1) is 14.1. The van der Waals surface area contributed by atoms with E-state index in [0.29, 0.717) is 0 Å².